The first-order valence-electron chi connectivity index (χ1n) is 10.1. The molecule has 2 aliphatic heterocycles. The van der Waals surface area contributed by atoms with Gasteiger partial charge in [-0.05, 0) is 51.9 Å². The van der Waals surface area contributed by atoms with Gasteiger partial charge in [0.1, 0.15) is 5.82 Å². The molecule has 0 N–H and O–H groups in total. The maximum Gasteiger partial charge on any atom is 0.163 e. The van der Waals surface area contributed by atoms with Crippen LogP contribution in [0.3, 0.4) is 0 Å². The monoisotopic (exact) mass is 379 g/mol. The van der Waals surface area contributed by atoms with Crippen LogP contribution < -0.4 is 9.47 Å². The Labute approximate surface area is 163 Å². The molecule has 0 aliphatic carbocycles. The lowest BCUT2D eigenvalue weighted by molar-refractivity contribution is 0.0596. The van der Waals surface area contributed by atoms with Crippen LogP contribution in [0.15, 0.2) is 12.1 Å². The lowest BCUT2D eigenvalue weighted by Gasteiger charge is -2.42. The number of ether oxygens (including phenoxy) is 2. The Morgan fingerprint density at radius 3 is 2.19 bits per heavy atom. The van der Waals surface area contributed by atoms with Gasteiger partial charge >= 0.3 is 0 Å². The number of rotatable bonds is 6. The summed E-state index contributed by atoms with van der Waals surface area (Å²) < 4.78 is 24.9. The Kier molecular flexibility index (Phi) is 6.95. The minimum absolute atomic E-state index is 0.222. The highest BCUT2D eigenvalue weighted by Gasteiger charge is 2.29. The van der Waals surface area contributed by atoms with E-state index in [1.54, 1.807) is 13.2 Å². The number of benzene rings is 1. The summed E-state index contributed by atoms with van der Waals surface area (Å²) in [6.45, 7) is 9.75. The number of likely N-dealkylation sites (tertiary alicyclic amines) is 1. The molecule has 5 nitrogen and oxygen atoms in total. The van der Waals surface area contributed by atoms with E-state index in [9.17, 15) is 4.39 Å². The van der Waals surface area contributed by atoms with Crippen molar-refractivity contribution in [1.82, 2.24) is 14.7 Å². The van der Waals surface area contributed by atoms with Crippen molar-refractivity contribution in [3.05, 3.63) is 23.5 Å². The van der Waals surface area contributed by atoms with Gasteiger partial charge in [0.25, 0.3) is 0 Å². The van der Waals surface area contributed by atoms with Gasteiger partial charge in [-0.3, -0.25) is 9.80 Å². The Bertz CT molecular complexity index is 612. The molecule has 0 amide bonds. The molecule has 1 aromatic carbocycles. The van der Waals surface area contributed by atoms with Crippen LogP contribution >= 0.6 is 0 Å². The number of likely N-dealkylation sites (N-methyl/N-ethyl adjacent to an activating group) is 1. The van der Waals surface area contributed by atoms with Crippen LogP contribution in [0.5, 0.6) is 11.5 Å². The van der Waals surface area contributed by atoms with E-state index in [0.29, 0.717) is 29.6 Å². The zero-order valence-electron chi connectivity index (χ0n) is 17.2. The Morgan fingerprint density at radius 2 is 1.59 bits per heavy atom. The number of hydrogen-bond donors (Lipinski definition) is 0. The van der Waals surface area contributed by atoms with Crippen LogP contribution in [-0.2, 0) is 6.54 Å². The van der Waals surface area contributed by atoms with Gasteiger partial charge in [-0.2, -0.15) is 0 Å². The minimum Gasteiger partial charge on any atom is -0.493 e. The third kappa shape index (κ3) is 4.92. The summed E-state index contributed by atoms with van der Waals surface area (Å²) >= 11 is 0. The van der Waals surface area contributed by atoms with Crippen LogP contribution in [0.2, 0.25) is 0 Å². The average molecular weight is 380 g/mol. The first-order valence-corrected chi connectivity index (χ1v) is 10.1. The van der Waals surface area contributed by atoms with Gasteiger partial charge in [-0.1, -0.05) is 0 Å². The number of nitrogens with zero attached hydrogens (tertiary/aromatic N) is 3. The third-order valence-electron chi connectivity index (χ3n) is 6.37. The van der Waals surface area contributed by atoms with Gasteiger partial charge in [-0.25, -0.2) is 4.39 Å². The molecule has 0 spiro atoms. The summed E-state index contributed by atoms with van der Waals surface area (Å²) in [7, 11) is 5.32. The Morgan fingerprint density at radius 1 is 1.00 bits per heavy atom. The normalized spacial score (nSPS) is 22.0. The van der Waals surface area contributed by atoms with Crippen LogP contribution in [0, 0.1) is 11.7 Å². The molecular weight excluding hydrogens is 345 g/mol. The van der Waals surface area contributed by atoms with Crippen LogP contribution in [0.1, 0.15) is 25.3 Å². The summed E-state index contributed by atoms with van der Waals surface area (Å²) in [6, 6.07) is 3.84. The molecule has 2 saturated heterocycles. The van der Waals surface area contributed by atoms with Crippen molar-refractivity contribution in [2.24, 2.45) is 5.92 Å². The number of hydrogen-bond acceptors (Lipinski definition) is 5. The first-order chi connectivity index (χ1) is 13.0. The van der Waals surface area contributed by atoms with Crippen LogP contribution in [-0.4, -0.2) is 81.3 Å². The number of methoxy groups -OCH3 is 2. The van der Waals surface area contributed by atoms with Crippen molar-refractivity contribution >= 4 is 0 Å². The zero-order valence-corrected chi connectivity index (χ0v) is 17.2. The zero-order chi connectivity index (χ0) is 19.4. The van der Waals surface area contributed by atoms with Crippen LogP contribution in [0.25, 0.3) is 0 Å². The molecule has 1 atom stereocenters. The molecule has 2 heterocycles. The van der Waals surface area contributed by atoms with Gasteiger partial charge in [0.2, 0.25) is 0 Å². The standard InChI is InChI=1S/C21H34FN3O2/c1-16(25-11-9-23(2)10-12-25)17-5-7-24(8-6-17)15-18-13-20(26-3)21(27-4)14-19(18)22/h13-14,16-17H,5-12,15H2,1-4H3/t16-/m0/s1. The quantitative estimate of drug-likeness (QED) is 0.758. The van der Waals surface area contributed by atoms with Crippen molar-refractivity contribution in [1.29, 1.82) is 0 Å². The van der Waals surface area contributed by atoms with Crippen molar-refractivity contribution in [2.75, 3.05) is 60.5 Å². The summed E-state index contributed by atoms with van der Waals surface area (Å²) in [5.74, 6) is 1.55. The first kappa shape index (κ1) is 20.4. The smallest absolute Gasteiger partial charge is 0.163 e. The largest absolute Gasteiger partial charge is 0.493 e. The minimum atomic E-state index is -0.222. The molecule has 3 rings (SSSR count). The van der Waals surface area contributed by atoms with E-state index in [0.717, 1.165) is 19.0 Å². The lowest BCUT2D eigenvalue weighted by Crippen LogP contribution is -2.51. The predicted octanol–water partition coefficient (Wildman–Crippen LogP) is 2.69. The fourth-order valence-electron chi connectivity index (χ4n) is 4.38. The van der Waals surface area contributed by atoms with E-state index < -0.39 is 0 Å². The van der Waals surface area contributed by atoms with E-state index in [2.05, 4.69) is 28.7 Å². The summed E-state index contributed by atoms with van der Waals surface area (Å²) in [5, 5.41) is 0. The summed E-state index contributed by atoms with van der Waals surface area (Å²) in [6.07, 6.45) is 2.37. The second-order valence-electron chi connectivity index (χ2n) is 7.99. The number of piperidine rings is 1. The van der Waals surface area contributed by atoms with E-state index in [1.807, 2.05) is 0 Å². The van der Waals surface area contributed by atoms with Gasteiger partial charge in [0.05, 0.1) is 14.2 Å². The van der Waals surface area contributed by atoms with Gasteiger partial charge in [0, 0.05) is 50.4 Å². The molecule has 0 aromatic heterocycles. The average Bonchev–Trinajstić information content (AvgIpc) is 2.69. The number of piperazine rings is 1. The highest BCUT2D eigenvalue weighted by atomic mass is 19.1. The van der Waals surface area contributed by atoms with Crippen molar-refractivity contribution in [2.45, 2.75) is 32.4 Å². The molecular formula is C21H34FN3O2. The fourth-order valence-corrected chi connectivity index (χ4v) is 4.38. The molecule has 2 aliphatic rings. The maximum absolute atomic E-state index is 14.4. The van der Waals surface area contributed by atoms with Crippen molar-refractivity contribution in [3.8, 4) is 11.5 Å². The van der Waals surface area contributed by atoms with Gasteiger partial charge < -0.3 is 14.4 Å². The Hall–Kier alpha value is -1.37. The second kappa shape index (κ2) is 9.22. The van der Waals surface area contributed by atoms with Gasteiger partial charge in [-0.15, -0.1) is 0 Å². The summed E-state index contributed by atoms with van der Waals surface area (Å²) in [4.78, 5) is 7.41. The van der Waals surface area contributed by atoms with E-state index in [-0.39, 0.29) is 5.82 Å². The molecule has 6 heteroatoms. The van der Waals surface area contributed by atoms with Gasteiger partial charge in [0.15, 0.2) is 11.5 Å². The predicted molar refractivity (Wildman–Crippen MR) is 106 cm³/mol. The third-order valence-corrected chi connectivity index (χ3v) is 6.37. The maximum atomic E-state index is 14.4. The van der Waals surface area contributed by atoms with Crippen LogP contribution in [0.4, 0.5) is 4.39 Å². The SMILES string of the molecule is COc1cc(F)c(CN2CCC([C@H](C)N3CCN(C)CC3)CC2)cc1OC. The van der Waals surface area contributed by atoms with Crippen molar-refractivity contribution in [3.63, 3.8) is 0 Å². The highest BCUT2D eigenvalue weighted by Crippen LogP contribution is 2.31. The van der Waals surface area contributed by atoms with E-state index in [4.69, 9.17) is 9.47 Å². The molecule has 1 aromatic rings. The fraction of sp³-hybridized carbons (Fsp3) is 0.714. The topological polar surface area (TPSA) is 28.2 Å². The highest BCUT2D eigenvalue weighted by molar-refractivity contribution is 5.43. The molecule has 27 heavy (non-hydrogen) atoms. The molecule has 2 fully saturated rings. The Balaban J connectivity index is 1.54. The van der Waals surface area contributed by atoms with E-state index in [1.165, 1.54) is 52.2 Å². The van der Waals surface area contributed by atoms with Crippen molar-refractivity contribution < 1.29 is 13.9 Å². The molecule has 0 saturated carbocycles. The second-order valence-corrected chi connectivity index (χ2v) is 7.99. The molecule has 0 unspecified atom stereocenters. The molecule has 0 bridgehead atoms. The molecule has 152 valence electrons. The summed E-state index contributed by atoms with van der Waals surface area (Å²) in [5.41, 5.74) is 0.679. The molecule has 0 radical (unpaired) electrons. The van der Waals surface area contributed by atoms with E-state index >= 15 is 0 Å². The number of halogens is 1. The lowest BCUT2D eigenvalue weighted by atomic mass is 9.89.